The van der Waals surface area contributed by atoms with Crippen LogP contribution in [0.1, 0.15) is 139 Å². The normalized spacial score (nSPS) is 10.9. The predicted molar refractivity (Wildman–Crippen MR) is 165 cm³/mol. The van der Waals surface area contributed by atoms with E-state index in [1.807, 2.05) is 22.7 Å². The van der Waals surface area contributed by atoms with Crippen molar-refractivity contribution in [2.24, 2.45) is 0 Å². The number of fused-ring (bicyclic) bond motifs is 2. The molecule has 0 spiro atoms. The molecule has 0 aliphatic heterocycles. The van der Waals surface area contributed by atoms with Gasteiger partial charge < -0.3 is 0 Å². The highest BCUT2D eigenvalue weighted by Gasteiger charge is 2.06. The molecule has 0 N–H and O–H groups in total. The molecule has 0 saturated heterocycles. The zero-order valence-corrected chi connectivity index (χ0v) is 24.5. The van der Waals surface area contributed by atoms with E-state index >= 15 is 0 Å². The fraction of sp³-hybridized carbons (Fsp3) is 0.588. The highest BCUT2D eigenvalue weighted by atomic mass is 32.1. The summed E-state index contributed by atoms with van der Waals surface area (Å²) in [5.41, 5.74) is 0. The molecule has 2 heteroatoms. The van der Waals surface area contributed by atoms with Crippen LogP contribution < -0.4 is 0 Å². The van der Waals surface area contributed by atoms with Gasteiger partial charge in [0.1, 0.15) is 0 Å². The van der Waals surface area contributed by atoms with Crippen molar-refractivity contribution in [3.8, 4) is 23.7 Å². The molecule has 0 fully saturated rings. The summed E-state index contributed by atoms with van der Waals surface area (Å²) in [5.74, 6) is 13.7. The number of hydrogen-bond acceptors (Lipinski definition) is 2. The quantitative estimate of drug-likeness (QED) is 0.131. The molecule has 0 saturated carbocycles. The first kappa shape index (κ1) is 28.8. The van der Waals surface area contributed by atoms with Gasteiger partial charge in [-0.15, -0.1) is 22.7 Å². The lowest BCUT2D eigenvalue weighted by Gasteiger charge is -1.99. The van der Waals surface area contributed by atoms with Gasteiger partial charge in [0.05, 0.1) is 9.75 Å². The van der Waals surface area contributed by atoms with Crippen LogP contribution in [-0.2, 0) is 0 Å². The van der Waals surface area contributed by atoms with Crippen LogP contribution >= 0.6 is 22.7 Å². The summed E-state index contributed by atoms with van der Waals surface area (Å²) < 4.78 is 2.69. The smallest absolute Gasteiger partial charge is 0.0781 e. The first-order chi connectivity index (χ1) is 17.8. The van der Waals surface area contributed by atoms with Crippen molar-refractivity contribution in [3.63, 3.8) is 0 Å². The maximum absolute atomic E-state index is 3.42. The predicted octanol–water partition coefficient (Wildman–Crippen LogP) is 11.9. The van der Waals surface area contributed by atoms with Crippen LogP contribution in [0.3, 0.4) is 0 Å². The average molecular weight is 519 g/mol. The van der Waals surface area contributed by atoms with Crippen LogP contribution in [0.2, 0.25) is 0 Å². The largest absolute Gasteiger partial charge is 0.127 e. The third-order valence-corrected chi connectivity index (χ3v) is 8.92. The Morgan fingerprint density at radius 3 is 1.22 bits per heavy atom. The van der Waals surface area contributed by atoms with E-state index in [-0.39, 0.29) is 0 Å². The van der Waals surface area contributed by atoms with Gasteiger partial charge in [-0.05, 0) is 47.9 Å². The molecule has 0 aliphatic rings. The van der Waals surface area contributed by atoms with Crippen LogP contribution in [0.4, 0.5) is 0 Å². The van der Waals surface area contributed by atoms with Crippen molar-refractivity contribution in [2.75, 3.05) is 0 Å². The van der Waals surface area contributed by atoms with Gasteiger partial charge in [0.25, 0.3) is 0 Å². The van der Waals surface area contributed by atoms with E-state index in [0.29, 0.717) is 0 Å². The Bertz CT molecular complexity index is 999. The van der Waals surface area contributed by atoms with Gasteiger partial charge in [-0.25, -0.2) is 0 Å². The van der Waals surface area contributed by atoms with E-state index in [2.05, 4.69) is 61.8 Å². The van der Waals surface area contributed by atoms with Crippen LogP contribution in [0.5, 0.6) is 0 Å². The Hall–Kier alpha value is -1.74. The maximum Gasteiger partial charge on any atom is 0.0781 e. The Labute approximate surface area is 229 Å². The number of rotatable bonds is 16. The van der Waals surface area contributed by atoms with Crippen molar-refractivity contribution in [1.82, 2.24) is 0 Å². The minimum Gasteiger partial charge on any atom is -0.127 e. The number of benzene rings is 1. The Kier molecular flexibility index (Phi) is 14.1. The van der Waals surface area contributed by atoms with E-state index in [1.54, 1.807) is 0 Å². The van der Waals surface area contributed by atoms with Gasteiger partial charge in [0.2, 0.25) is 0 Å². The first-order valence-electron chi connectivity index (χ1n) is 14.7. The molecule has 0 nitrogen and oxygen atoms in total. The highest BCUT2D eigenvalue weighted by molar-refractivity contribution is 7.21. The molecule has 0 unspecified atom stereocenters. The SMILES string of the molecule is CCCCCCCCCCC#Cc1cc2cc3sc(C#CCCCCCCCCCC)cc3cc2s1. The Morgan fingerprint density at radius 2 is 0.833 bits per heavy atom. The summed E-state index contributed by atoms with van der Waals surface area (Å²) in [5, 5.41) is 2.65. The zero-order valence-electron chi connectivity index (χ0n) is 22.9. The summed E-state index contributed by atoms with van der Waals surface area (Å²) in [6.45, 7) is 4.56. The van der Waals surface area contributed by atoms with Crippen molar-refractivity contribution in [3.05, 3.63) is 34.0 Å². The van der Waals surface area contributed by atoms with E-state index < -0.39 is 0 Å². The number of thiophene rings is 2. The van der Waals surface area contributed by atoms with Gasteiger partial charge >= 0.3 is 0 Å². The summed E-state index contributed by atoms with van der Waals surface area (Å²) in [4.78, 5) is 2.40. The van der Waals surface area contributed by atoms with Crippen LogP contribution in [0, 0.1) is 23.7 Å². The fourth-order valence-corrected chi connectivity index (χ4v) is 6.62. The molecule has 3 rings (SSSR count). The molecule has 0 bridgehead atoms. The van der Waals surface area contributed by atoms with Crippen LogP contribution in [-0.4, -0.2) is 0 Å². The van der Waals surface area contributed by atoms with Gasteiger partial charge in [0.15, 0.2) is 0 Å². The van der Waals surface area contributed by atoms with Gasteiger partial charge in [-0.2, -0.15) is 0 Å². The third-order valence-electron chi connectivity index (χ3n) is 6.89. The lowest BCUT2D eigenvalue weighted by atomic mass is 10.1. The van der Waals surface area contributed by atoms with E-state index in [4.69, 9.17) is 0 Å². The van der Waals surface area contributed by atoms with Crippen molar-refractivity contribution >= 4 is 42.8 Å². The molecule has 1 aromatic carbocycles. The molecule has 0 aliphatic carbocycles. The topological polar surface area (TPSA) is 0 Å². The van der Waals surface area contributed by atoms with Crippen LogP contribution in [0.25, 0.3) is 20.2 Å². The van der Waals surface area contributed by atoms with E-state index in [9.17, 15) is 0 Å². The Balaban J connectivity index is 1.40. The molecular weight excluding hydrogens is 473 g/mol. The average Bonchev–Trinajstić information content (AvgIpc) is 3.46. The van der Waals surface area contributed by atoms with Gasteiger partial charge in [-0.3, -0.25) is 0 Å². The molecule has 0 amide bonds. The number of hydrogen-bond donors (Lipinski definition) is 0. The monoisotopic (exact) mass is 518 g/mol. The molecule has 2 aromatic heterocycles. The molecule has 2 heterocycles. The molecule has 0 radical (unpaired) electrons. The molecular formula is C34H46S2. The summed E-state index contributed by atoms with van der Waals surface area (Å²) in [6, 6.07) is 9.21. The fourth-order valence-electron chi connectivity index (χ4n) is 4.69. The third kappa shape index (κ3) is 10.7. The van der Waals surface area contributed by atoms with Gasteiger partial charge in [-0.1, -0.05) is 127 Å². The maximum atomic E-state index is 3.42. The number of unbranched alkanes of at least 4 members (excludes halogenated alkanes) is 16. The van der Waals surface area contributed by atoms with Crippen molar-refractivity contribution in [2.45, 2.75) is 129 Å². The van der Waals surface area contributed by atoms with Crippen LogP contribution in [0.15, 0.2) is 24.3 Å². The lowest BCUT2D eigenvalue weighted by Crippen LogP contribution is -1.80. The highest BCUT2D eigenvalue weighted by Crippen LogP contribution is 2.33. The minimum atomic E-state index is 1.03. The lowest BCUT2D eigenvalue weighted by molar-refractivity contribution is 0.579. The summed E-state index contributed by atoms with van der Waals surface area (Å²) in [6.07, 6.45) is 23.8. The molecule has 36 heavy (non-hydrogen) atoms. The first-order valence-corrected chi connectivity index (χ1v) is 16.4. The molecule has 194 valence electrons. The van der Waals surface area contributed by atoms with Gasteiger partial charge in [0, 0.05) is 22.2 Å². The standard InChI is InChI=1S/C34H46S2/c1-3-5-7-9-11-13-15-17-19-21-23-31-25-29-27-34-30(28-33(29)35-31)26-32(36-34)24-22-20-18-16-14-12-10-8-6-4-2/h25-28H,3-20H2,1-2H3. The second kappa shape index (κ2) is 17.7. The molecule has 3 aromatic rings. The minimum absolute atomic E-state index is 1.03. The van der Waals surface area contributed by atoms with E-state index in [1.165, 1.54) is 133 Å². The van der Waals surface area contributed by atoms with Crippen molar-refractivity contribution in [1.29, 1.82) is 0 Å². The summed E-state index contributed by atoms with van der Waals surface area (Å²) >= 11 is 3.66. The second-order valence-corrected chi connectivity index (χ2v) is 12.4. The van der Waals surface area contributed by atoms with Crippen molar-refractivity contribution < 1.29 is 0 Å². The summed E-state index contributed by atoms with van der Waals surface area (Å²) in [7, 11) is 0. The Morgan fingerprint density at radius 1 is 0.472 bits per heavy atom. The second-order valence-electron chi connectivity index (χ2n) is 10.2. The zero-order chi connectivity index (χ0) is 25.3. The van der Waals surface area contributed by atoms with E-state index in [0.717, 1.165) is 12.8 Å². The molecule has 0 atom stereocenters.